The molecule has 142 valence electrons. The van der Waals surface area contributed by atoms with E-state index in [0.29, 0.717) is 17.5 Å². The van der Waals surface area contributed by atoms with Crippen LogP contribution < -0.4 is 15.5 Å². The predicted octanol–water partition coefficient (Wildman–Crippen LogP) is 3.35. The number of guanidine groups is 1. The van der Waals surface area contributed by atoms with Crippen LogP contribution in [-0.4, -0.2) is 38.1 Å². The summed E-state index contributed by atoms with van der Waals surface area (Å²) >= 11 is 0.976. The number of aliphatic imine (C=N–C) groups is 1. The lowest BCUT2D eigenvalue weighted by Gasteiger charge is -2.19. The van der Waals surface area contributed by atoms with E-state index in [1.165, 1.54) is 0 Å². The van der Waals surface area contributed by atoms with E-state index in [0.717, 1.165) is 35.4 Å². The normalized spacial score (nSPS) is 12.1. The van der Waals surface area contributed by atoms with Gasteiger partial charge in [-0.05, 0) is 18.6 Å². The van der Waals surface area contributed by atoms with E-state index in [2.05, 4.69) is 37.6 Å². The van der Waals surface area contributed by atoms with Crippen molar-refractivity contribution >= 4 is 23.0 Å². The molecule has 0 aliphatic rings. The van der Waals surface area contributed by atoms with Gasteiger partial charge in [0.15, 0.2) is 11.7 Å². The first-order valence-electron chi connectivity index (χ1n) is 8.12. The molecule has 9 heteroatoms. The highest BCUT2D eigenvalue weighted by atomic mass is 32.1. The molecule has 1 aromatic carbocycles. The van der Waals surface area contributed by atoms with E-state index >= 15 is 0 Å². The van der Waals surface area contributed by atoms with E-state index in [-0.39, 0.29) is 6.54 Å². The minimum atomic E-state index is -4.40. The number of nitrogens with one attached hydrogen (secondary N) is 2. The Labute approximate surface area is 155 Å². The average Bonchev–Trinajstić information content (AvgIpc) is 3.11. The number of nitrogens with zero attached hydrogens (tertiary/aromatic N) is 3. The van der Waals surface area contributed by atoms with E-state index in [4.69, 9.17) is 0 Å². The van der Waals surface area contributed by atoms with Gasteiger partial charge in [0.25, 0.3) is 0 Å². The Morgan fingerprint density at radius 1 is 1.23 bits per heavy atom. The lowest BCUT2D eigenvalue weighted by molar-refractivity contribution is -0.140. The van der Waals surface area contributed by atoms with Gasteiger partial charge < -0.3 is 15.5 Å². The zero-order valence-corrected chi connectivity index (χ0v) is 15.5. The summed E-state index contributed by atoms with van der Waals surface area (Å²) in [6.45, 7) is 1.77. The second kappa shape index (κ2) is 9.42. The van der Waals surface area contributed by atoms with Crippen molar-refractivity contribution in [2.24, 2.45) is 4.99 Å². The molecule has 0 atom stereocenters. The molecule has 0 unspecified atom stereocenters. The van der Waals surface area contributed by atoms with Crippen molar-refractivity contribution in [2.75, 3.05) is 32.1 Å². The highest BCUT2D eigenvalue weighted by Crippen LogP contribution is 2.29. The molecule has 0 aliphatic heterocycles. The fraction of sp³-hybridized carbons (Fsp3) is 0.412. The first-order valence-corrected chi connectivity index (χ1v) is 9.00. The van der Waals surface area contributed by atoms with Crippen LogP contribution in [0.1, 0.15) is 17.1 Å². The number of aromatic nitrogens is 1. The van der Waals surface area contributed by atoms with E-state index in [1.807, 2.05) is 25.2 Å². The molecule has 5 nitrogen and oxygen atoms in total. The molecule has 1 aromatic heterocycles. The molecule has 0 radical (unpaired) electrons. The number of alkyl halides is 3. The Morgan fingerprint density at radius 3 is 2.58 bits per heavy atom. The van der Waals surface area contributed by atoms with Crippen LogP contribution >= 0.6 is 11.3 Å². The van der Waals surface area contributed by atoms with Crippen molar-refractivity contribution in [3.63, 3.8) is 0 Å². The van der Waals surface area contributed by atoms with Crippen LogP contribution in [0.2, 0.25) is 0 Å². The zero-order chi connectivity index (χ0) is 19.0. The SMILES string of the molecule is CN=C(NCCCN(C)c1ccccc1)NCc1nc(C(F)(F)F)cs1. The molecule has 2 aromatic rings. The number of benzene rings is 1. The minimum Gasteiger partial charge on any atom is -0.375 e. The number of hydrogen-bond acceptors (Lipinski definition) is 4. The first kappa shape index (κ1) is 20.0. The molecular formula is C17H22F3N5S. The summed E-state index contributed by atoms with van der Waals surface area (Å²) in [5, 5.41) is 7.51. The summed E-state index contributed by atoms with van der Waals surface area (Å²) in [6.07, 6.45) is -3.51. The van der Waals surface area contributed by atoms with Crippen LogP contribution in [0.15, 0.2) is 40.7 Å². The maximum atomic E-state index is 12.5. The molecule has 2 rings (SSSR count). The summed E-state index contributed by atoms with van der Waals surface area (Å²) in [5.74, 6) is 0.538. The Balaban J connectivity index is 1.70. The summed E-state index contributed by atoms with van der Waals surface area (Å²) in [5.41, 5.74) is 0.297. The highest BCUT2D eigenvalue weighted by molar-refractivity contribution is 7.09. The molecule has 0 fully saturated rings. The van der Waals surface area contributed by atoms with Crippen molar-refractivity contribution in [2.45, 2.75) is 19.1 Å². The molecule has 0 saturated carbocycles. The second-order valence-electron chi connectivity index (χ2n) is 5.59. The molecule has 0 aliphatic carbocycles. The van der Waals surface area contributed by atoms with Gasteiger partial charge in [-0.15, -0.1) is 11.3 Å². The van der Waals surface area contributed by atoms with E-state index in [1.54, 1.807) is 7.05 Å². The average molecular weight is 385 g/mol. The molecule has 26 heavy (non-hydrogen) atoms. The summed E-state index contributed by atoms with van der Waals surface area (Å²) < 4.78 is 37.6. The van der Waals surface area contributed by atoms with E-state index in [9.17, 15) is 13.2 Å². The van der Waals surface area contributed by atoms with Gasteiger partial charge in [-0.25, -0.2) is 4.98 Å². The first-order chi connectivity index (χ1) is 12.4. The van der Waals surface area contributed by atoms with E-state index < -0.39 is 11.9 Å². The Kier molecular flexibility index (Phi) is 7.26. The van der Waals surface area contributed by atoms with Gasteiger partial charge in [0.1, 0.15) is 5.01 Å². The van der Waals surface area contributed by atoms with Crippen LogP contribution in [0.4, 0.5) is 18.9 Å². The van der Waals surface area contributed by atoms with Crippen LogP contribution in [0.25, 0.3) is 0 Å². The van der Waals surface area contributed by atoms with Crippen molar-refractivity contribution < 1.29 is 13.2 Å². The fourth-order valence-electron chi connectivity index (χ4n) is 2.24. The molecule has 0 saturated heterocycles. The Hall–Kier alpha value is -2.29. The molecule has 0 amide bonds. The van der Waals surface area contributed by atoms with Gasteiger partial charge in [0, 0.05) is 38.3 Å². The third kappa shape index (κ3) is 6.21. The molecule has 0 bridgehead atoms. The summed E-state index contributed by atoms with van der Waals surface area (Å²) in [7, 11) is 3.65. The number of anilines is 1. The number of thiazole rings is 1. The second-order valence-corrected chi connectivity index (χ2v) is 6.53. The van der Waals surface area contributed by atoms with Gasteiger partial charge in [-0.1, -0.05) is 18.2 Å². The lowest BCUT2D eigenvalue weighted by Crippen LogP contribution is -2.38. The predicted molar refractivity (Wildman–Crippen MR) is 99.6 cm³/mol. The Morgan fingerprint density at radius 2 is 1.96 bits per heavy atom. The summed E-state index contributed by atoms with van der Waals surface area (Å²) in [4.78, 5) is 9.81. The molecule has 1 heterocycles. The number of para-hydroxylation sites is 1. The Bertz CT molecular complexity index is 700. The van der Waals surface area contributed by atoms with Gasteiger partial charge in [-0.3, -0.25) is 4.99 Å². The quantitative estimate of drug-likeness (QED) is 0.436. The number of rotatable bonds is 7. The summed E-state index contributed by atoms with van der Waals surface area (Å²) in [6, 6.07) is 10.1. The fourth-order valence-corrected chi connectivity index (χ4v) is 2.98. The van der Waals surface area contributed by atoms with Gasteiger partial charge in [0.05, 0.1) is 6.54 Å². The zero-order valence-electron chi connectivity index (χ0n) is 14.7. The van der Waals surface area contributed by atoms with Gasteiger partial charge >= 0.3 is 6.18 Å². The molecular weight excluding hydrogens is 363 g/mol. The third-order valence-corrected chi connectivity index (χ3v) is 4.48. The van der Waals surface area contributed by atoms with Crippen LogP contribution in [0.5, 0.6) is 0 Å². The van der Waals surface area contributed by atoms with Crippen molar-refractivity contribution in [3.8, 4) is 0 Å². The monoisotopic (exact) mass is 385 g/mol. The standard InChI is InChI=1S/C17H22F3N5S/c1-21-16(23-11-15-24-14(12-26-15)17(18,19)20)22-9-6-10-25(2)13-7-4-3-5-8-13/h3-5,7-8,12H,6,9-11H2,1-2H3,(H2,21,22,23). The van der Waals surface area contributed by atoms with Crippen molar-refractivity contribution in [3.05, 3.63) is 46.4 Å². The number of halogens is 3. The van der Waals surface area contributed by atoms with Crippen LogP contribution in [0.3, 0.4) is 0 Å². The topological polar surface area (TPSA) is 52.6 Å². The lowest BCUT2D eigenvalue weighted by atomic mass is 10.3. The maximum Gasteiger partial charge on any atom is 0.434 e. The highest BCUT2D eigenvalue weighted by Gasteiger charge is 2.33. The molecule has 0 spiro atoms. The maximum absolute atomic E-state index is 12.5. The van der Waals surface area contributed by atoms with Crippen molar-refractivity contribution in [1.29, 1.82) is 0 Å². The van der Waals surface area contributed by atoms with Crippen LogP contribution in [-0.2, 0) is 12.7 Å². The number of hydrogen-bond donors (Lipinski definition) is 2. The van der Waals surface area contributed by atoms with Crippen molar-refractivity contribution in [1.82, 2.24) is 15.6 Å². The van der Waals surface area contributed by atoms with Gasteiger partial charge in [-0.2, -0.15) is 13.2 Å². The van der Waals surface area contributed by atoms with Gasteiger partial charge in [0.2, 0.25) is 0 Å². The smallest absolute Gasteiger partial charge is 0.375 e. The largest absolute Gasteiger partial charge is 0.434 e. The minimum absolute atomic E-state index is 0.199. The third-order valence-electron chi connectivity index (χ3n) is 3.63. The molecule has 2 N–H and O–H groups in total. The van der Waals surface area contributed by atoms with Crippen LogP contribution in [0, 0.1) is 0 Å².